The van der Waals surface area contributed by atoms with Gasteiger partial charge in [-0.2, -0.15) is 0 Å². The molecule has 1 saturated heterocycles. The summed E-state index contributed by atoms with van der Waals surface area (Å²) in [4.78, 5) is 27.4. The molecule has 1 aromatic heterocycles. The van der Waals surface area contributed by atoms with Crippen molar-refractivity contribution in [3.05, 3.63) is 36.1 Å². The van der Waals surface area contributed by atoms with Crippen molar-refractivity contribution in [1.82, 2.24) is 10.1 Å². The zero-order valence-corrected chi connectivity index (χ0v) is 14.3. The zero-order valence-electron chi connectivity index (χ0n) is 14.3. The second-order valence-corrected chi connectivity index (χ2v) is 5.96. The summed E-state index contributed by atoms with van der Waals surface area (Å²) in [7, 11) is 0. The van der Waals surface area contributed by atoms with Gasteiger partial charge in [-0.3, -0.25) is 4.79 Å². The van der Waals surface area contributed by atoms with Gasteiger partial charge in [-0.15, -0.1) is 0 Å². The van der Waals surface area contributed by atoms with Crippen LogP contribution in [0.2, 0.25) is 0 Å². The number of rotatable bonds is 3. The Morgan fingerprint density at radius 3 is 2.36 bits per heavy atom. The lowest BCUT2D eigenvalue weighted by Crippen LogP contribution is -2.50. The van der Waals surface area contributed by atoms with Crippen molar-refractivity contribution in [3.63, 3.8) is 0 Å². The third-order valence-corrected chi connectivity index (χ3v) is 3.94. The zero-order chi connectivity index (χ0) is 17.8. The van der Waals surface area contributed by atoms with Crippen LogP contribution < -0.4 is 15.5 Å². The molecule has 2 N–H and O–H groups in total. The van der Waals surface area contributed by atoms with Gasteiger partial charge in [0.2, 0.25) is 5.91 Å². The van der Waals surface area contributed by atoms with E-state index < -0.39 is 0 Å². The van der Waals surface area contributed by atoms with Crippen molar-refractivity contribution in [2.45, 2.75) is 13.8 Å². The molecule has 3 rings (SSSR count). The first kappa shape index (κ1) is 16.8. The van der Waals surface area contributed by atoms with E-state index >= 15 is 0 Å². The van der Waals surface area contributed by atoms with Crippen LogP contribution in [0.5, 0.6) is 0 Å². The number of nitrogens with one attached hydrogen (secondary N) is 2. The number of nitrogens with zero attached hydrogens (tertiary/aromatic N) is 3. The van der Waals surface area contributed by atoms with E-state index in [0.717, 1.165) is 11.6 Å². The minimum Gasteiger partial charge on any atom is -0.360 e. The summed E-state index contributed by atoms with van der Waals surface area (Å²) < 4.78 is 5.10. The lowest BCUT2D eigenvalue weighted by Gasteiger charge is -2.34. The lowest BCUT2D eigenvalue weighted by atomic mass is 10.2. The maximum absolute atomic E-state index is 12.4. The Bertz CT molecular complexity index is 765. The van der Waals surface area contributed by atoms with Crippen LogP contribution in [-0.2, 0) is 4.79 Å². The summed E-state index contributed by atoms with van der Waals surface area (Å²) >= 11 is 0. The summed E-state index contributed by atoms with van der Waals surface area (Å²) in [6.45, 7) is 5.90. The van der Waals surface area contributed by atoms with Crippen LogP contribution in [0.4, 0.5) is 22.0 Å². The van der Waals surface area contributed by atoms with Gasteiger partial charge in [0.25, 0.3) is 0 Å². The maximum Gasteiger partial charge on any atom is 0.321 e. The molecule has 1 aliphatic rings. The molecule has 0 saturated carbocycles. The fourth-order valence-corrected chi connectivity index (χ4v) is 2.72. The molecule has 25 heavy (non-hydrogen) atoms. The average Bonchev–Trinajstić information content (AvgIpc) is 3.01. The van der Waals surface area contributed by atoms with Gasteiger partial charge in [0.1, 0.15) is 5.76 Å². The number of aryl methyl sites for hydroxylation is 1. The van der Waals surface area contributed by atoms with E-state index in [2.05, 4.69) is 20.7 Å². The fraction of sp³-hybridized carbons (Fsp3) is 0.353. The molecule has 0 radical (unpaired) electrons. The van der Waals surface area contributed by atoms with Gasteiger partial charge >= 0.3 is 6.03 Å². The minimum atomic E-state index is -0.157. The van der Waals surface area contributed by atoms with Crippen LogP contribution in [0.1, 0.15) is 12.7 Å². The second-order valence-electron chi connectivity index (χ2n) is 5.96. The molecular formula is C17H21N5O3. The van der Waals surface area contributed by atoms with Crippen LogP contribution in [-0.4, -0.2) is 48.2 Å². The van der Waals surface area contributed by atoms with Gasteiger partial charge in [0.05, 0.1) is 0 Å². The standard InChI is InChI=1S/C17H21N5O3/c1-12-10-16(20-25-12)21-6-8-22(9-7-21)17(24)19-15-5-3-4-14(11-15)18-13(2)23/h3-5,10-11H,6-9H2,1-2H3,(H,18,23)(H,19,24). The summed E-state index contributed by atoms with van der Waals surface area (Å²) in [6, 6.07) is 8.81. The summed E-state index contributed by atoms with van der Waals surface area (Å²) in [5.74, 6) is 1.43. The molecule has 0 spiro atoms. The Balaban J connectivity index is 1.55. The van der Waals surface area contributed by atoms with E-state index in [0.29, 0.717) is 37.6 Å². The third-order valence-electron chi connectivity index (χ3n) is 3.94. The number of amides is 3. The Labute approximate surface area is 145 Å². The van der Waals surface area contributed by atoms with Gasteiger partial charge in [-0.1, -0.05) is 11.2 Å². The number of anilines is 3. The Morgan fingerprint density at radius 1 is 1.08 bits per heavy atom. The number of carbonyl (C=O) groups is 2. The number of benzene rings is 1. The van der Waals surface area contributed by atoms with E-state index in [1.165, 1.54) is 6.92 Å². The van der Waals surface area contributed by atoms with Gasteiger partial charge in [0.15, 0.2) is 5.82 Å². The highest BCUT2D eigenvalue weighted by Gasteiger charge is 2.23. The van der Waals surface area contributed by atoms with Crippen LogP contribution >= 0.6 is 0 Å². The number of carbonyl (C=O) groups excluding carboxylic acids is 2. The minimum absolute atomic E-state index is 0.150. The molecule has 2 aromatic rings. The van der Waals surface area contributed by atoms with Gasteiger partial charge < -0.3 is 25.0 Å². The van der Waals surface area contributed by atoms with E-state index in [1.54, 1.807) is 29.2 Å². The third kappa shape index (κ3) is 4.28. The Hall–Kier alpha value is -3.03. The molecule has 3 amide bonds. The quantitative estimate of drug-likeness (QED) is 0.892. The molecule has 1 aromatic carbocycles. The number of hydrogen-bond acceptors (Lipinski definition) is 5. The monoisotopic (exact) mass is 343 g/mol. The molecule has 2 heterocycles. The van der Waals surface area contributed by atoms with E-state index in [1.807, 2.05) is 13.0 Å². The highest BCUT2D eigenvalue weighted by molar-refractivity contribution is 5.92. The summed E-state index contributed by atoms with van der Waals surface area (Å²) in [5, 5.41) is 9.57. The van der Waals surface area contributed by atoms with Crippen LogP contribution in [0.15, 0.2) is 34.9 Å². The number of hydrogen-bond donors (Lipinski definition) is 2. The van der Waals surface area contributed by atoms with Crippen molar-refractivity contribution in [2.24, 2.45) is 0 Å². The number of aromatic nitrogens is 1. The topological polar surface area (TPSA) is 90.7 Å². The van der Waals surface area contributed by atoms with Gasteiger partial charge in [-0.05, 0) is 25.1 Å². The molecule has 132 valence electrons. The normalized spacial score (nSPS) is 14.3. The Kier molecular flexibility index (Phi) is 4.87. The van der Waals surface area contributed by atoms with Crippen molar-refractivity contribution in [2.75, 3.05) is 41.7 Å². The molecular weight excluding hydrogens is 322 g/mol. The molecule has 0 aliphatic carbocycles. The SMILES string of the molecule is CC(=O)Nc1cccc(NC(=O)N2CCN(c3cc(C)on3)CC2)c1. The van der Waals surface area contributed by atoms with Crippen molar-refractivity contribution < 1.29 is 14.1 Å². The highest BCUT2D eigenvalue weighted by atomic mass is 16.5. The molecule has 1 fully saturated rings. The van der Waals surface area contributed by atoms with E-state index in [-0.39, 0.29) is 11.9 Å². The Morgan fingerprint density at radius 2 is 1.76 bits per heavy atom. The van der Waals surface area contributed by atoms with Crippen LogP contribution in [0.25, 0.3) is 0 Å². The first-order valence-corrected chi connectivity index (χ1v) is 8.13. The second kappa shape index (κ2) is 7.25. The smallest absolute Gasteiger partial charge is 0.321 e. The predicted octanol–water partition coefficient (Wildman–Crippen LogP) is 2.30. The molecule has 1 aliphatic heterocycles. The molecule has 0 unspecified atom stereocenters. The molecule has 8 heteroatoms. The average molecular weight is 343 g/mol. The van der Waals surface area contributed by atoms with Gasteiger partial charge in [-0.25, -0.2) is 4.79 Å². The summed E-state index contributed by atoms with van der Waals surface area (Å²) in [6.07, 6.45) is 0. The molecule has 8 nitrogen and oxygen atoms in total. The van der Waals surface area contributed by atoms with Crippen LogP contribution in [0, 0.1) is 6.92 Å². The first-order chi connectivity index (χ1) is 12.0. The number of piperazine rings is 1. The van der Waals surface area contributed by atoms with E-state index in [9.17, 15) is 9.59 Å². The van der Waals surface area contributed by atoms with Crippen molar-refractivity contribution >= 4 is 29.1 Å². The summed E-state index contributed by atoms with van der Waals surface area (Å²) in [5.41, 5.74) is 1.29. The number of urea groups is 1. The highest BCUT2D eigenvalue weighted by Crippen LogP contribution is 2.18. The van der Waals surface area contributed by atoms with Crippen molar-refractivity contribution in [1.29, 1.82) is 0 Å². The van der Waals surface area contributed by atoms with Crippen molar-refractivity contribution in [3.8, 4) is 0 Å². The van der Waals surface area contributed by atoms with Crippen LogP contribution in [0.3, 0.4) is 0 Å². The first-order valence-electron chi connectivity index (χ1n) is 8.13. The largest absolute Gasteiger partial charge is 0.360 e. The maximum atomic E-state index is 12.4. The fourth-order valence-electron chi connectivity index (χ4n) is 2.72. The predicted molar refractivity (Wildman–Crippen MR) is 94.8 cm³/mol. The molecule has 0 bridgehead atoms. The molecule has 0 atom stereocenters. The van der Waals surface area contributed by atoms with Gasteiger partial charge in [0, 0.05) is 50.5 Å². The van der Waals surface area contributed by atoms with E-state index in [4.69, 9.17) is 4.52 Å². The lowest BCUT2D eigenvalue weighted by molar-refractivity contribution is -0.114.